The molecule has 1 aromatic heterocycles. The number of rotatable bonds is 9. The summed E-state index contributed by atoms with van der Waals surface area (Å²) in [5.74, 6) is 0.324. The highest BCUT2D eigenvalue weighted by molar-refractivity contribution is 6.01. The van der Waals surface area contributed by atoms with Crippen LogP contribution in [0, 0.1) is 5.92 Å². The van der Waals surface area contributed by atoms with Crippen LogP contribution >= 0.6 is 0 Å². The predicted molar refractivity (Wildman–Crippen MR) is 178 cm³/mol. The Bertz CT molecular complexity index is 1720. The highest BCUT2D eigenvalue weighted by atomic mass is 16.5. The molecule has 0 radical (unpaired) electrons. The number of ether oxygens (including phenoxy) is 2. The standard InChI is InChI=1S/C35H41N5O6/c1-22-18-40(23(2)21-41)34(43)29-17-26(36-33(42)16-24-19-38(3)30-9-7-6-8-28(24)30)12-15-31(29)46-32(22)20-39(4)35(44)37-25-10-13-27(45-5)14-11-25/h6-15,17,19,22-23,32,41H,16,18,20-21H2,1-5H3,(H,36,42)(H,37,44)/t22-,23-,32+/m1/s1. The van der Waals surface area contributed by atoms with Gasteiger partial charge in [0.2, 0.25) is 5.91 Å². The largest absolute Gasteiger partial charge is 0.497 e. The predicted octanol–water partition coefficient (Wildman–Crippen LogP) is 4.75. The number of methoxy groups -OCH3 is 1. The fraction of sp³-hybridized carbons (Fsp3) is 0.343. The van der Waals surface area contributed by atoms with E-state index in [4.69, 9.17) is 9.47 Å². The number of fused-ring (bicyclic) bond motifs is 2. The van der Waals surface area contributed by atoms with Crippen molar-refractivity contribution in [1.29, 1.82) is 0 Å². The summed E-state index contributed by atoms with van der Waals surface area (Å²) in [5.41, 5.74) is 3.29. The van der Waals surface area contributed by atoms with Crippen LogP contribution in [0.3, 0.4) is 0 Å². The number of likely N-dealkylation sites (N-methyl/N-ethyl adjacent to an activating group) is 1. The van der Waals surface area contributed by atoms with E-state index in [0.717, 1.165) is 16.5 Å². The number of carbonyl (C=O) groups excluding carboxylic acids is 3. The number of anilines is 2. The van der Waals surface area contributed by atoms with Gasteiger partial charge in [-0.3, -0.25) is 9.59 Å². The van der Waals surface area contributed by atoms with E-state index in [2.05, 4.69) is 10.6 Å². The van der Waals surface area contributed by atoms with Crippen molar-refractivity contribution in [2.45, 2.75) is 32.4 Å². The van der Waals surface area contributed by atoms with Crippen molar-refractivity contribution in [3.63, 3.8) is 0 Å². The van der Waals surface area contributed by atoms with Gasteiger partial charge in [-0.1, -0.05) is 25.1 Å². The van der Waals surface area contributed by atoms with Gasteiger partial charge in [0.25, 0.3) is 5.91 Å². The lowest BCUT2D eigenvalue weighted by atomic mass is 9.99. The Balaban J connectivity index is 1.35. The fourth-order valence-corrected chi connectivity index (χ4v) is 5.71. The Kier molecular flexibility index (Phi) is 9.81. The molecule has 1 aliphatic rings. The number of nitrogens with zero attached hydrogens (tertiary/aromatic N) is 3. The fourth-order valence-electron chi connectivity index (χ4n) is 5.71. The SMILES string of the molecule is COc1ccc(NC(=O)N(C)C[C@@H]2Oc3ccc(NC(=O)Cc4cn(C)c5ccccc45)cc3C(=O)N([C@H](C)CO)C[C@H]2C)cc1. The minimum Gasteiger partial charge on any atom is -0.497 e. The molecule has 4 amide bonds. The topological polar surface area (TPSA) is 125 Å². The van der Waals surface area contributed by atoms with E-state index in [-0.39, 0.29) is 48.9 Å². The normalized spacial score (nSPS) is 16.9. The number of hydrogen-bond donors (Lipinski definition) is 3. The second kappa shape index (κ2) is 13.9. The van der Waals surface area contributed by atoms with E-state index in [9.17, 15) is 19.5 Å². The molecular weight excluding hydrogens is 586 g/mol. The minimum atomic E-state index is -0.473. The van der Waals surface area contributed by atoms with Crippen LogP contribution in [0.4, 0.5) is 16.2 Å². The second-order valence-corrected chi connectivity index (χ2v) is 11.9. The molecule has 5 rings (SSSR count). The van der Waals surface area contributed by atoms with Gasteiger partial charge in [-0.2, -0.15) is 0 Å². The van der Waals surface area contributed by atoms with Gasteiger partial charge >= 0.3 is 6.03 Å². The smallest absolute Gasteiger partial charge is 0.321 e. The zero-order valence-corrected chi connectivity index (χ0v) is 26.8. The molecule has 11 heteroatoms. The Hall–Kier alpha value is -5.03. The van der Waals surface area contributed by atoms with Crippen LogP contribution in [-0.2, 0) is 18.3 Å². The number of aliphatic hydroxyl groups excluding tert-OH is 1. The van der Waals surface area contributed by atoms with Crippen molar-refractivity contribution in [3.8, 4) is 11.5 Å². The van der Waals surface area contributed by atoms with E-state index < -0.39 is 12.1 Å². The molecule has 3 atom stereocenters. The Morgan fingerprint density at radius 2 is 1.80 bits per heavy atom. The molecule has 11 nitrogen and oxygen atoms in total. The van der Waals surface area contributed by atoms with E-state index in [1.54, 1.807) is 68.4 Å². The molecule has 1 aliphatic heterocycles. The van der Waals surface area contributed by atoms with Crippen LogP contribution in [0.1, 0.15) is 29.8 Å². The molecule has 0 aliphatic carbocycles. The minimum absolute atomic E-state index is 0.168. The van der Waals surface area contributed by atoms with Crippen molar-refractivity contribution < 1.29 is 29.0 Å². The van der Waals surface area contributed by atoms with Crippen LogP contribution in [0.15, 0.2) is 72.9 Å². The molecule has 242 valence electrons. The van der Waals surface area contributed by atoms with Crippen molar-refractivity contribution >= 4 is 40.1 Å². The number of benzene rings is 3. The summed E-state index contributed by atoms with van der Waals surface area (Å²) in [6.07, 6.45) is 1.64. The zero-order chi connectivity index (χ0) is 33.0. The summed E-state index contributed by atoms with van der Waals surface area (Å²) in [5, 5.41) is 16.8. The summed E-state index contributed by atoms with van der Waals surface area (Å²) in [6, 6.07) is 19.2. The van der Waals surface area contributed by atoms with Gasteiger partial charge < -0.3 is 39.6 Å². The lowest BCUT2D eigenvalue weighted by Gasteiger charge is -2.38. The Morgan fingerprint density at radius 3 is 2.52 bits per heavy atom. The van der Waals surface area contributed by atoms with Crippen LogP contribution in [0.5, 0.6) is 11.5 Å². The van der Waals surface area contributed by atoms with Gasteiger partial charge in [0.1, 0.15) is 17.6 Å². The van der Waals surface area contributed by atoms with Gasteiger partial charge in [-0.05, 0) is 61.0 Å². The molecule has 0 bridgehead atoms. The van der Waals surface area contributed by atoms with Crippen molar-refractivity contribution in [2.75, 3.05) is 44.5 Å². The molecule has 4 aromatic rings. The van der Waals surface area contributed by atoms with E-state index in [1.165, 1.54) is 4.90 Å². The number of hydrogen-bond acceptors (Lipinski definition) is 6. The number of aliphatic hydroxyl groups is 1. The zero-order valence-electron chi connectivity index (χ0n) is 26.8. The Labute approximate surface area is 268 Å². The number of amides is 4. The van der Waals surface area contributed by atoms with Gasteiger partial charge in [-0.25, -0.2) is 4.79 Å². The third-order valence-electron chi connectivity index (χ3n) is 8.42. The van der Waals surface area contributed by atoms with Gasteiger partial charge in [-0.15, -0.1) is 0 Å². The first-order valence-corrected chi connectivity index (χ1v) is 15.3. The molecule has 3 aromatic carbocycles. The van der Waals surface area contributed by atoms with Crippen LogP contribution in [0.2, 0.25) is 0 Å². The first kappa shape index (κ1) is 32.4. The highest BCUT2D eigenvalue weighted by Gasteiger charge is 2.34. The highest BCUT2D eigenvalue weighted by Crippen LogP contribution is 2.31. The molecule has 0 saturated carbocycles. The molecule has 2 heterocycles. The number of para-hydroxylation sites is 1. The average molecular weight is 628 g/mol. The number of urea groups is 1. The van der Waals surface area contributed by atoms with Crippen LogP contribution in [0.25, 0.3) is 10.9 Å². The van der Waals surface area contributed by atoms with Crippen molar-refractivity contribution in [1.82, 2.24) is 14.4 Å². The maximum Gasteiger partial charge on any atom is 0.321 e. The molecule has 0 unspecified atom stereocenters. The van der Waals surface area contributed by atoms with E-state index in [0.29, 0.717) is 29.4 Å². The number of aryl methyl sites for hydroxylation is 1. The monoisotopic (exact) mass is 627 g/mol. The van der Waals surface area contributed by atoms with Gasteiger partial charge in [0.05, 0.1) is 38.3 Å². The third kappa shape index (κ3) is 7.10. The number of aromatic nitrogens is 1. The summed E-state index contributed by atoms with van der Waals surface area (Å²) in [4.78, 5) is 43.2. The molecule has 0 spiro atoms. The maximum atomic E-state index is 13.8. The third-order valence-corrected chi connectivity index (χ3v) is 8.42. The lowest BCUT2D eigenvalue weighted by Crippen LogP contribution is -2.50. The lowest BCUT2D eigenvalue weighted by molar-refractivity contribution is -0.115. The van der Waals surface area contributed by atoms with Gasteiger partial charge in [0.15, 0.2) is 0 Å². The average Bonchev–Trinajstić information content (AvgIpc) is 3.37. The van der Waals surface area contributed by atoms with Crippen LogP contribution < -0.4 is 20.1 Å². The van der Waals surface area contributed by atoms with Gasteiger partial charge in [0, 0.05) is 55.0 Å². The maximum absolute atomic E-state index is 13.8. The molecule has 46 heavy (non-hydrogen) atoms. The molecule has 0 saturated heterocycles. The quantitative estimate of drug-likeness (QED) is 0.246. The van der Waals surface area contributed by atoms with Crippen LogP contribution in [-0.4, -0.2) is 83.3 Å². The number of carbonyl (C=O) groups is 3. The molecular formula is C35H41N5O6. The van der Waals surface area contributed by atoms with E-state index in [1.807, 2.05) is 49.0 Å². The summed E-state index contributed by atoms with van der Waals surface area (Å²) >= 11 is 0. The first-order chi connectivity index (χ1) is 22.1. The summed E-state index contributed by atoms with van der Waals surface area (Å²) < 4.78 is 13.6. The molecule has 3 N–H and O–H groups in total. The summed E-state index contributed by atoms with van der Waals surface area (Å²) in [6.45, 7) is 4.06. The van der Waals surface area contributed by atoms with Crippen molar-refractivity contribution in [2.24, 2.45) is 13.0 Å². The number of nitrogens with one attached hydrogen (secondary N) is 2. The molecule has 0 fully saturated rings. The Morgan fingerprint density at radius 1 is 1.09 bits per heavy atom. The van der Waals surface area contributed by atoms with Crippen molar-refractivity contribution in [3.05, 3.63) is 84.1 Å². The summed E-state index contributed by atoms with van der Waals surface area (Å²) in [7, 11) is 5.21. The van der Waals surface area contributed by atoms with E-state index >= 15 is 0 Å². The second-order valence-electron chi connectivity index (χ2n) is 11.9. The first-order valence-electron chi connectivity index (χ1n) is 15.3.